The predicted molar refractivity (Wildman–Crippen MR) is 105 cm³/mol. The molecule has 1 atom stereocenters. The Morgan fingerprint density at radius 2 is 1.78 bits per heavy atom. The number of aromatic nitrogens is 1. The number of amides is 1. The van der Waals surface area contributed by atoms with Crippen molar-refractivity contribution in [1.82, 2.24) is 15.4 Å². The van der Waals surface area contributed by atoms with Gasteiger partial charge in [0, 0.05) is 12.1 Å². The second-order valence-electron chi connectivity index (χ2n) is 7.73. The standard InChI is InChI=1S/C22H29N3O2/c26-22(21-18-12-6-7-13-19(18)24-27-21)23-16-20(17-10-4-3-5-11-17)25-14-8-1-2-9-15-25/h3-5,10-11,20H,1-2,6-9,12-16H2,(H,23,26). The summed E-state index contributed by atoms with van der Waals surface area (Å²) < 4.78 is 5.41. The summed E-state index contributed by atoms with van der Waals surface area (Å²) >= 11 is 0. The zero-order valence-corrected chi connectivity index (χ0v) is 16.0. The van der Waals surface area contributed by atoms with E-state index in [0.29, 0.717) is 12.3 Å². The number of carbonyl (C=O) groups excluding carboxylic acids is 1. The molecule has 0 spiro atoms. The fraction of sp³-hybridized carbons (Fsp3) is 0.545. The Balaban J connectivity index is 1.48. The van der Waals surface area contributed by atoms with Gasteiger partial charge in [-0.25, -0.2) is 0 Å². The van der Waals surface area contributed by atoms with Crippen molar-refractivity contribution in [3.63, 3.8) is 0 Å². The van der Waals surface area contributed by atoms with Gasteiger partial charge in [-0.15, -0.1) is 0 Å². The van der Waals surface area contributed by atoms with Crippen molar-refractivity contribution in [3.05, 3.63) is 52.9 Å². The number of rotatable bonds is 5. The average Bonchev–Trinajstić information content (AvgIpc) is 2.96. The third-order valence-corrected chi connectivity index (χ3v) is 5.89. The molecular weight excluding hydrogens is 338 g/mol. The number of hydrogen-bond donors (Lipinski definition) is 1. The summed E-state index contributed by atoms with van der Waals surface area (Å²) in [4.78, 5) is 15.3. The Labute approximate surface area is 161 Å². The van der Waals surface area contributed by atoms with Crippen LogP contribution in [0.5, 0.6) is 0 Å². The fourth-order valence-corrected chi connectivity index (χ4v) is 4.38. The number of carbonyl (C=O) groups is 1. The summed E-state index contributed by atoms with van der Waals surface area (Å²) in [6, 6.07) is 10.7. The van der Waals surface area contributed by atoms with Crippen LogP contribution in [-0.2, 0) is 12.8 Å². The highest BCUT2D eigenvalue weighted by atomic mass is 16.5. The molecule has 2 aromatic rings. The lowest BCUT2D eigenvalue weighted by Crippen LogP contribution is -2.38. The number of nitrogens with one attached hydrogen (secondary N) is 1. The molecule has 1 N–H and O–H groups in total. The van der Waals surface area contributed by atoms with E-state index in [0.717, 1.165) is 50.0 Å². The Morgan fingerprint density at radius 3 is 2.56 bits per heavy atom. The highest BCUT2D eigenvalue weighted by Crippen LogP contribution is 2.26. The SMILES string of the molecule is O=C(NCC(c1ccccc1)N1CCCCCC1)c1onc2c1CCCC2. The Morgan fingerprint density at radius 1 is 1.04 bits per heavy atom. The number of benzene rings is 1. The maximum Gasteiger partial charge on any atom is 0.290 e. The van der Waals surface area contributed by atoms with Gasteiger partial charge in [-0.3, -0.25) is 9.69 Å². The third kappa shape index (κ3) is 4.24. The van der Waals surface area contributed by atoms with Crippen molar-refractivity contribution in [2.24, 2.45) is 0 Å². The molecule has 5 nitrogen and oxygen atoms in total. The topological polar surface area (TPSA) is 58.4 Å². The van der Waals surface area contributed by atoms with Gasteiger partial charge in [0.05, 0.1) is 11.7 Å². The van der Waals surface area contributed by atoms with Gasteiger partial charge in [-0.05, 0) is 57.2 Å². The van der Waals surface area contributed by atoms with Crippen LogP contribution in [0.4, 0.5) is 0 Å². The normalized spacial score (nSPS) is 19.1. The molecule has 1 aromatic carbocycles. The van der Waals surface area contributed by atoms with Crippen molar-refractivity contribution in [2.75, 3.05) is 19.6 Å². The summed E-state index contributed by atoms with van der Waals surface area (Å²) in [5.74, 6) is 0.300. The lowest BCUT2D eigenvalue weighted by Gasteiger charge is -2.31. The first-order valence-electron chi connectivity index (χ1n) is 10.4. The van der Waals surface area contributed by atoms with E-state index in [1.165, 1.54) is 31.2 Å². The van der Waals surface area contributed by atoms with Crippen LogP contribution in [0.2, 0.25) is 0 Å². The molecule has 2 aliphatic rings. The molecule has 1 fully saturated rings. The molecule has 0 radical (unpaired) electrons. The van der Waals surface area contributed by atoms with E-state index in [2.05, 4.69) is 39.6 Å². The van der Waals surface area contributed by atoms with Crippen LogP contribution in [0.25, 0.3) is 0 Å². The Bertz CT molecular complexity index is 748. The number of fused-ring (bicyclic) bond motifs is 1. The molecule has 144 valence electrons. The molecule has 0 saturated carbocycles. The molecule has 1 saturated heterocycles. The van der Waals surface area contributed by atoms with Crippen molar-refractivity contribution in [3.8, 4) is 0 Å². The van der Waals surface area contributed by atoms with Crippen LogP contribution in [-0.4, -0.2) is 35.6 Å². The van der Waals surface area contributed by atoms with Crippen LogP contribution in [0, 0.1) is 0 Å². The Hall–Kier alpha value is -2.14. The lowest BCUT2D eigenvalue weighted by molar-refractivity contribution is 0.0895. The molecule has 1 aromatic heterocycles. The van der Waals surface area contributed by atoms with Crippen molar-refractivity contribution in [2.45, 2.75) is 57.4 Å². The molecule has 27 heavy (non-hydrogen) atoms. The predicted octanol–water partition coefficient (Wildman–Crippen LogP) is 3.90. The van der Waals surface area contributed by atoms with E-state index in [4.69, 9.17) is 4.52 Å². The Kier molecular flexibility index (Phi) is 5.87. The molecule has 2 heterocycles. The van der Waals surface area contributed by atoms with Crippen LogP contribution in [0.3, 0.4) is 0 Å². The first-order chi connectivity index (χ1) is 13.3. The molecule has 1 aliphatic carbocycles. The van der Waals surface area contributed by atoms with E-state index < -0.39 is 0 Å². The summed E-state index contributed by atoms with van der Waals surface area (Å²) in [6.45, 7) is 2.78. The fourth-order valence-electron chi connectivity index (χ4n) is 4.38. The molecule has 1 amide bonds. The summed E-state index contributed by atoms with van der Waals surface area (Å²) in [6.07, 6.45) is 9.12. The van der Waals surface area contributed by atoms with E-state index >= 15 is 0 Å². The van der Waals surface area contributed by atoms with E-state index in [9.17, 15) is 4.79 Å². The van der Waals surface area contributed by atoms with Gasteiger partial charge in [0.15, 0.2) is 0 Å². The monoisotopic (exact) mass is 367 g/mol. The largest absolute Gasteiger partial charge is 0.350 e. The van der Waals surface area contributed by atoms with Gasteiger partial charge in [-0.2, -0.15) is 0 Å². The smallest absolute Gasteiger partial charge is 0.290 e. The highest BCUT2D eigenvalue weighted by Gasteiger charge is 2.26. The van der Waals surface area contributed by atoms with E-state index in [-0.39, 0.29) is 11.9 Å². The molecule has 5 heteroatoms. The van der Waals surface area contributed by atoms with E-state index in [1.807, 2.05) is 6.07 Å². The van der Waals surface area contributed by atoms with Crippen molar-refractivity contribution < 1.29 is 9.32 Å². The first kappa shape index (κ1) is 18.2. The number of nitrogens with zero attached hydrogens (tertiary/aromatic N) is 2. The molecule has 4 rings (SSSR count). The van der Waals surface area contributed by atoms with Gasteiger partial charge in [0.25, 0.3) is 5.91 Å². The van der Waals surface area contributed by atoms with Gasteiger partial charge in [0.2, 0.25) is 5.76 Å². The van der Waals surface area contributed by atoms with Gasteiger partial charge in [0.1, 0.15) is 0 Å². The summed E-state index contributed by atoms with van der Waals surface area (Å²) in [5, 5.41) is 7.26. The molecular formula is C22H29N3O2. The van der Waals surface area contributed by atoms with Crippen LogP contribution in [0.1, 0.15) is 71.9 Å². The second kappa shape index (κ2) is 8.70. The minimum Gasteiger partial charge on any atom is -0.350 e. The maximum absolute atomic E-state index is 12.8. The van der Waals surface area contributed by atoms with Gasteiger partial charge < -0.3 is 9.84 Å². The number of hydrogen-bond acceptors (Lipinski definition) is 4. The van der Waals surface area contributed by atoms with Crippen molar-refractivity contribution >= 4 is 5.91 Å². The number of aryl methyl sites for hydroxylation is 1. The van der Waals surface area contributed by atoms with Gasteiger partial charge in [-0.1, -0.05) is 48.3 Å². The summed E-state index contributed by atoms with van der Waals surface area (Å²) in [5.41, 5.74) is 3.25. The van der Waals surface area contributed by atoms with Crippen LogP contribution < -0.4 is 5.32 Å². The van der Waals surface area contributed by atoms with Crippen molar-refractivity contribution in [1.29, 1.82) is 0 Å². The zero-order valence-electron chi connectivity index (χ0n) is 16.0. The number of likely N-dealkylation sites (tertiary alicyclic amines) is 1. The maximum atomic E-state index is 12.8. The minimum atomic E-state index is -0.124. The minimum absolute atomic E-state index is 0.124. The molecule has 1 unspecified atom stereocenters. The zero-order chi connectivity index (χ0) is 18.5. The highest BCUT2D eigenvalue weighted by molar-refractivity contribution is 5.93. The summed E-state index contributed by atoms with van der Waals surface area (Å²) in [7, 11) is 0. The third-order valence-electron chi connectivity index (χ3n) is 5.89. The first-order valence-corrected chi connectivity index (χ1v) is 10.4. The average molecular weight is 367 g/mol. The molecule has 1 aliphatic heterocycles. The molecule has 0 bridgehead atoms. The van der Waals surface area contributed by atoms with Crippen LogP contribution in [0.15, 0.2) is 34.9 Å². The van der Waals surface area contributed by atoms with Crippen LogP contribution >= 0.6 is 0 Å². The van der Waals surface area contributed by atoms with E-state index in [1.54, 1.807) is 0 Å². The quantitative estimate of drug-likeness (QED) is 0.871. The lowest BCUT2D eigenvalue weighted by atomic mass is 9.96. The van der Waals surface area contributed by atoms with Gasteiger partial charge >= 0.3 is 0 Å². The second-order valence-corrected chi connectivity index (χ2v) is 7.73.